The van der Waals surface area contributed by atoms with Crippen LogP contribution in [0.25, 0.3) is 0 Å². The normalized spacial score (nSPS) is 20.5. The Bertz CT molecular complexity index is 326. The summed E-state index contributed by atoms with van der Waals surface area (Å²) in [6.07, 6.45) is 4.46. The van der Waals surface area contributed by atoms with E-state index in [0.717, 1.165) is 25.1 Å². The molecule has 116 valence electrons. The van der Waals surface area contributed by atoms with Crippen LogP contribution in [0.2, 0.25) is 0 Å². The van der Waals surface area contributed by atoms with Crippen molar-refractivity contribution in [3.63, 3.8) is 0 Å². The summed E-state index contributed by atoms with van der Waals surface area (Å²) in [5, 5.41) is 14.9. The molecule has 2 amide bonds. The lowest BCUT2D eigenvalue weighted by Gasteiger charge is -2.33. The van der Waals surface area contributed by atoms with Crippen molar-refractivity contribution in [1.82, 2.24) is 15.5 Å². The topological polar surface area (TPSA) is 81.7 Å². The molecule has 1 saturated heterocycles. The number of carbonyl (C=O) groups excluding carboxylic acids is 1. The molecular weight excluding hydrogens is 278 g/mol. The molecule has 2 atom stereocenters. The lowest BCUT2D eigenvalue weighted by atomic mass is 9.98. The third-order valence-corrected chi connectivity index (χ3v) is 4.15. The van der Waals surface area contributed by atoms with Crippen LogP contribution in [0.5, 0.6) is 0 Å². The predicted octanol–water partition coefficient (Wildman–Crippen LogP) is 0.834. The molecule has 3 N–H and O–H groups in total. The highest BCUT2D eigenvalue weighted by Crippen LogP contribution is 2.16. The molecule has 6 nitrogen and oxygen atoms in total. The highest BCUT2D eigenvalue weighted by Gasteiger charge is 2.26. The van der Waals surface area contributed by atoms with Gasteiger partial charge in [-0.15, -0.1) is 0 Å². The Labute approximate surface area is 124 Å². The van der Waals surface area contributed by atoms with Crippen molar-refractivity contribution in [2.45, 2.75) is 25.3 Å². The molecule has 20 heavy (non-hydrogen) atoms. The number of nitrogens with one attached hydrogen (secondary N) is 2. The van der Waals surface area contributed by atoms with Gasteiger partial charge >= 0.3 is 12.0 Å². The van der Waals surface area contributed by atoms with Crippen LogP contribution in [-0.4, -0.2) is 66.7 Å². The van der Waals surface area contributed by atoms with E-state index in [-0.39, 0.29) is 6.03 Å². The van der Waals surface area contributed by atoms with Crippen LogP contribution in [-0.2, 0) is 4.79 Å². The fraction of sp³-hybridized carbons (Fsp3) is 0.846. The molecule has 0 aromatic carbocycles. The number of piperidine rings is 1. The molecule has 0 radical (unpaired) electrons. The summed E-state index contributed by atoms with van der Waals surface area (Å²) in [6.45, 7) is 2.29. The highest BCUT2D eigenvalue weighted by atomic mass is 32.2. The van der Waals surface area contributed by atoms with E-state index in [1.165, 1.54) is 0 Å². The smallest absolute Gasteiger partial charge is 0.326 e. The molecule has 7 heteroatoms. The highest BCUT2D eigenvalue weighted by molar-refractivity contribution is 7.98. The summed E-state index contributed by atoms with van der Waals surface area (Å²) in [5.41, 5.74) is 0. The second-order valence-electron chi connectivity index (χ2n) is 5.13. The van der Waals surface area contributed by atoms with Crippen molar-refractivity contribution in [2.75, 3.05) is 38.7 Å². The average molecular weight is 303 g/mol. The Balaban J connectivity index is 2.48. The summed E-state index contributed by atoms with van der Waals surface area (Å²) in [6, 6.07) is -1.04. The maximum atomic E-state index is 12.2. The Morgan fingerprint density at radius 3 is 2.85 bits per heavy atom. The molecule has 0 saturated carbocycles. The molecular formula is C13H25N3O3S. The van der Waals surface area contributed by atoms with Crippen LogP contribution in [0, 0.1) is 5.92 Å². The van der Waals surface area contributed by atoms with Gasteiger partial charge in [0.2, 0.25) is 0 Å². The number of carboxylic acid groups (broad SMARTS) is 1. The number of rotatable bonds is 7. The fourth-order valence-electron chi connectivity index (χ4n) is 2.44. The van der Waals surface area contributed by atoms with Gasteiger partial charge in [-0.25, -0.2) is 9.59 Å². The number of amides is 2. The number of carbonyl (C=O) groups is 2. The number of likely N-dealkylation sites (tertiary alicyclic amines) is 1. The first-order valence-corrected chi connectivity index (χ1v) is 8.39. The lowest BCUT2D eigenvalue weighted by Crippen LogP contribution is -2.51. The number of carboxylic acids is 1. The first kappa shape index (κ1) is 17.1. The molecule has 0 aromatic rings. The van der Waals surface area contributed by atoms with Gasteiger partial charge in [0.1, 0.15) is 6.04 Å². The van der Waals surface area contributed by atoms with Crippen LogP contribution in [0.3, 0.4) is 0 Å². The summed E-state index contributed by atoms with van der Waals surface area (Å²) in [5.74, 6) is 0.213. The first-order valence-electron chi connectivity index (χ1n) is 7.00. The van der Waals surface area contributed by atoms with Crippen molar-refractivity contribution in [2.24, 2.45) is 5.92 Å². The minimum atomic E-state index is -0.962. The summed E-state index contributed by atoms with van der Waals surface area (Å²) in [4.78, 5) is 25.0. The van der Waals surface area contributed by atoms with Crippen molar-refractivity contribution in [3.05, 3.63) is 0 Å². The monoisotopic (exact) mass is 303 g/mol. The van der Waals surface area contributed by atoms with Gasteiger partial charge in [0.25, 0.3) is 0 Å². The van der Waals surface area contributed by atoms with Crippen LogP contribution >= 0.6 is 11.8 Å². The van der Waals surface area contributed by atoms with Gasteiger partial charge in [0.15, 0.2) is 0 Å². The molecule has 0 bridgehead atoms. The number of aliphatic carboxylic acids is 1. The van der Waals surface area contributed by atoms with Crippen molar-refractivity contribution in [1.29, 1.82) is 0 Å². The molecule has 1 fully saturated rings. The van der Waals surface area contributed by atoms with Gasteiger partial charge in [0.05, 0.1) is 0 Å². The van der Waals surface area contributed by atoms with E-state index >= 15 is 0 Å². The lowest BCUT2D eigenvalue weighted by molar-refractivity contribution is -0.139. The van der Waals surface area contributed by atoms with E-state index in [4.69, 9.17) is 5.11 Å². The summed E-state index contributed by atoms with van der Waals surface area (Å²) in [7, 11) is 1.90. The third-order valence-electron chi connectivity index (χ3n) is 3.51. The summed E-state index contributed by atoms with van der Waals surface area (Å²) >= 11 is 1.58. The van der Waals surface area contributed by atoms with E-state index in [1.54, 1.807) is 16.7 Å². The fourth-order valence-corrected chi connectivity index (χ4v) is 2.91. The largest absolute Gasteiger partial charge is 0.480 e. The van der Waals surface area contributed by atoms with E-state index in [9.17, 15) is 9.59 Å². The zero-order valence-corrected chi connectivity index (χ0v) is 13.0. The standard InChI is InChI=1S/C13H25N3O3S/c1-14-8-10-4-3-6-16(9-10)13(19)15-11(12(17)18)5-7-20-2/h10-11,14H,3-9H2,1-2H3,(H,15,19)(H,17,18). The van der Waals surface area contributed by atoms with Crippen LogP contribution in [0.1, 0.15) is 19.3 Å². The molecule has 0 aliphatic carbocycles. The third kappa shape index (κ3) is 5.58. The van der Waals surface area contributed by atoms with Gasteiger partial charge in [0, 0.05) is 13.1 Å². The van der Waals surface area contributed by atoms with Crippen LogP contribution < -0.4 is 10.6 Å². The minimum Gasteiger partial charge on any atom is -0.480 e. The molecule has 0 spiro atoms. The number of hydrogen-bond donors (Lipinski definition) is 3. The predicted molar refractivity (Wildman–Crippen MR) is 81.2 cm³/mol. The van der Waals surface area contributed by atoms with Crippen LogP contribution in [0.15, 0.2) is 0 Å². The molecule has 1 rings (SSSR count). The van der Waals surface area contributed by atoms with Crippen molar-refractivity contribution >= 4 is 23.8 Å². The Morgan fingerprint density at radius 2 is 2.25 bits per heavy atom. The Hall–Kier alpha value is -0.950. The molecule has 1 aliphatic rings. The Morgan fingerprint density at radius 1 is 1.50 bits per heavy atom. The average Bonchev–Trinajstić information content (AvgIpc) is 2.43. The Kier molecular flexibility index (Phi) is 7.76. The molecule has 2 unspecified atom stereocenters. The van der Waals surface area contributed by atoms with E-state index in [2.05, 4.69) is 10.6 Å². The zero-order valence-electron chi connectivity index (χ0n) is 12.2. The quantitative estimate of drug-likeness (QED) is 0.649. The zero-order chi connectivity index (χ0) is 15.0. The minimum absolute atomic E-state index is 0.251. The molecule has 1 heterocycles. The number of thioether (sulfide) groups is 1. The van der Waals surface area contributed by atoms with E-state index in [1.807, 2.05) is 13.3 Å². The maximum Gasteiger partial charge on any atom is 0.326 e. The maximum absolute atomic E-state index is 12.2. The van der Waals surface area contributed by atoms with Gasteiger partial charge in [-0.1, -0.05) is 0 Å². The van der Waals surface area contributed by atoms with Crippen LogP contribution in [0.4, 0.5) is 4.79 Å². The first-order chi connectivity index (χ1) is 9.58. The number of hydrogen-bond acceptors (Lipinski definition) is 4. The second kappa shape index (κ2) is 9.07. The van der Waals surface area contributed by atoms with E-state index in [0.29, 0.717) is 25.4 Å². The number of urea groups is 1. The van der Waals surface area contributed by atoms with Gasteiger partial charge in [-0.3, -0.25) is 0 Å². The molecule has 0 aromatic heterocycles. The number of nitrogens with zero attached hydrogens (tertiary/aromatic N) is 1. The van der Waals surface area contributed by atoms with Crippen molar-refractivity contribution in [3.8, 4) is 0 Å². The summed E-state index contributed by atoms with van der Waals surface area (Å²) < 4.78 is 0. The SMILES string of the molecule is CNCC1CCCN(C(=O)NC(CCSC)C(=O)O)C1. The van der Waals surface area contributed by atoms with Gasteiger partial charge < -0.3 is 20.6 Å². The van der Waals surface area contributed by atoms with Gasteiger partial charge in [-0.2, -0.15) is 11.8 Å². The van der Waals surface area contributed by atoms with Gasteiger partial charge in [-0.05, 0) is 50.8 Å². The molecule has 1 aliphatic heterocycles. The van der Waals surface area contributed by atoms with Crippen molar-refractivity contribution < 1.29 is 14.7 Å². The van der Waals surface area contributed by atoms with E-state index < -0.39 is 12.0 Å². The second-order valence-corrected chi connectivity index (χ2v) is 6.12.